The van der Waals surface area contributed by atoms with Crippen molar-refractivity contribution >= 4 is 39.6 Å². The maximum atomic E-state index is 14.6. The van der Waals surface area contributed by atoms with Gasteiger partial charge in [-0.3, -0.25) is 19.2 Å². The maximum Gasteiger partial charge on any atom is 0.313 e. The third kappa shape index (κ3) is 7.11. The van der Waals surface area contributed by atoms with E-state index in [1.807, 2.05) is 67.6 Å². The predicted octanol–water partition coefficient (Wildman–Crippen LogP) is 4.43. The molecule has 11 heteroatoms. The van der Waals surface area contributed by atoms with E-state index in [9.17, 15) is 24.3 Å². The molecule has 1 unspecified atom stereocenters. The van der Waals surface area contributed by atoms with Gasteiger partial charge in [-0.1, -0.05) is 88.7 Å². The van der Waals surface area contributed by atoms with Crippen LogP contribution in [0, 0.1) is 11.8 Å². The Hall–Kier alpha value is -3.80. The molecule has 0 saturated carbocycles. The smallest absolute Gasteiger partial charge is 0.313 e. The Morgan fingerprint density at radius 1 is 1.12 bits per heavy atom. The van der Waals surface area contributed by atoms with Gasteiger partial charge in [-0.2, -0.15) is 0 Å². The SMILES string of the molecule is C=CCCC(=O)N(C)[C@H](C)[C@H](OC(=O)[C@@H]1[C@H]2O[C@@]3(CC2Br)[C@H](C(=O)N(CC=C)Cc2ccccc2)N(CCCO)C(=O)[C@@H]13)c1ccccc1. The van der Waals surface area contributed by atoms with Gasteiger partial charge in [-0.05, 0) is 37.3 Å². The summed E-state index contributed by atoms with van der Waals surface area (Å²) in [5.74, 6) is -3.37. The van der Waals surface area contributed by atoms with Crippen LogP contribution in [0.3, 0.4) is 0 Å². The molecule has 2 aromatic carbocycles. The summed E-state index contributed by atoms with van der Waals surface area (Å²) in [6, 6.07) is 17.3. The van der Waals surface area contributed by atoms with Crippen LogP contribution in [-0.2, 0) is 35.2 Å². The van der Waals surface area contributed by atoms with Crippen molar-refractivity contribution in [2.24, 2.45) is 11.8 Å². The first-order valence-electron chi connectivity index (χ1n) is 16.9. The van der Waals surface area contributed by atoms with Gasteiger partial charge in [0.1, 0.15) is 17.7 Å². The number of hydrogen-bond acceptors (Lipinski definition) is 7. The van der Waals surface area contributed by atoms with Crippen molar-refractivity contribution in [2.45, 2.75) is 73.9 Å². The van der Waals surface area contributed by atoms with Crippen molar-refractivity contribution in [2.75, 3.05) is 26.7 Å². The molecule has 3 heterocycles. The fraction of sp³-hybridized carbons (Fsp3) is 0.474. The highest BCUT2D eigenvalue weighted by atomic mass is 79.9. The molecule has 2 bridgehead atoms. The van der Waals surface area contributed by atoms with Gasteiger partial charge in [0.2, 0.25) is 17.7 Å². The minimum atomic E-state index is -1.28. The first-order chi connectivity index (χ1) is 23.6. The number of rotatable bonds is 16. The van der Waals surface area contributed by atoms with Crippen LogP contribution in [0.25, 0.3) is 0 Å². The number of alkyl halides is 1. The Kier molecular flexibility index (Phi) is 11.8. The number of likely N-dealkylation sites (tertiary alicyclic amines) is 1. The molecular formula is C38H46BrN3O7. The van der Waals surface area contributed by atoms with Gasteiger partial charge in [0.15, 0.2) is 0 Å². The number of carbonyl (C=O) groups is 4. The van der Waals surface area contributed by atoms with Crippen molar-refractivity contribution < 1.29 is 33.8 Å². The van der Waals surface area contributed by atoms with Gasteiger partial charge in [-0.25, -0.2) is 0 Å². The standard InChI is InChI=1S/C38H46BrN3O7/c1-5-7-19-29(44)40(4)25(3)32(27-17-12-9-13-18-27)48-37(47)30-31-35(45)42(21-14-22-43)34(38(31)23-28(39)33(30)49-38)36(46)41(20-6-2)24-26-15-10-8-11-16-26/h5-6,8-13,15-18,25,28,30-34,43H,1-2,7,14,19-24H2,3-4H3/t25-,28?,30+,31-,32+,33+,34+,38-/m1/s1. The van der Waals surface area contributed by atoms with Crippen LogP contribution < -0.4 is 0 Å². The van der Waals surface area contributed by atoms with E-state index in [-0.39, 0.29) is 55.1 Å². The number of benzene rings is 2. The molecule has 0 aliphatic carbocycles. The topological polar surface area (TPSA) is 117 Å². The summed E-state index contributed by atoms with van der Waals surface area (Å²) in [6.45, 7) is 9.90. The van der Waals surface area contributed by atoms with Crippen molar-refractivity contribution in [3.05, 3.63) is 97.1 Å². The second-order valence-electron chi connectivity index (χ2n) is 13.1. The summed E-state index contributed by atoms with van der Waals surface area (Å²) >= 11 is 3.73. The lowest BCUT2D eigenvalue weighted by Crippen LogP contribution is -2.56. The number of nitrogens with zero attached hydrogens (tertiary/aromatic N) is 3. The van der Waals surface area contributed by atoms with E-state index in [0.29, 0.717) is 24.9 Å². The van der Waals surface area contributed by atoms with Crippen LogP contribution in [0.15, 0.2) is 86.0 Å². The Morgan fingerprint density at radius 2 is 1.80 bits per heavy atom. The normalized spacial score (nSPS) is 26.5. The summed E-state index contributed by atoms with van der Waals surface area (Å²) in [4.78, 5) is 60.9. The summed E-state index contributed by atoms with van der Waals surface area (Å²) in [5, 5.41) is 9.74. The predicted molar refractivity (Wildman–Crippen MR) is 188 cm³/mol. The van der Waals surface area contributed by atoms with Gasteiger partial charge >= 0.3 is 5.97 Å². The number of fused-ring (bicyclic) bond motifs is 1. The zero-order valence-electron chi connectivity index (χ0n) is 28.2. The largest absolute Gasteiger partial charge is 0.455 e. The van der Waals surface area contributed by atoms with Crippen LogP contribution in [0.2, 0.25) is 0 Å². The summed E-state index contributed by atoms with van der Waals surface area (Å²) in [6.07, 6.45) is 3.19. The molecule has 0 aromatic heterocycles. The fourth-order valence-corrected chi connectivity index (χ4v) is 8.59. The van der Waals surface area contributed by atoms with Crippen molar-refractivity contribution in [3.8, 4) is 0 Å². The van der Waals surface area contributed by atoms with E-state index in [4.69, 9.17) is 9.47 Å². The van der Waals surface area contributed by atoms with E-state index in [1.165, 1.54) is 4.90 Å². The average molecular weight is 737 g/mol. The monoisotopic (exact) mass is 735 g/mol. The van der Waals surface area contributed by atoms with Crippen LogP contribution in [-0.4, -0.2) is 98.9 Å². The van der Waals surface area contributed by atoms with Gasteiger partial charge in [-0.15, -0.1) is 13.2 Å². The summed E-state index contributed by atoms with van der Waals surface area (Å²) < 4.78 is 13.0. The molecule has 3 aliphatic rings. The average Bonchev–Trinajstić information content (AvgIpc) is 3.71. The van der Waals surface area contributed by atoms with E-state index < -0.39 is 47.7 Å². The van der Waals surface area contributed by atoms with Gasteiger partial charge in [0, 0.05) is 44.5 Å². The zero-order valence-corrected chi connectivity index (χ0v) is 29.7. The highest BCUT2D eigenvalue weighted by Gasteiger charge is 2.77. The Balaban J connectivity index is 1.48. The number of esters is 1. The van der Waals surface area contributed by atoms with Crippen molar-refractivity contribution in [1.29, 1.82) is 0 Å². The molecule has 0 radical (unpaired) electrons. The molecule has 3 saturated heterocycles. The molecule has 3 fully saturated rings. The van der Waals surface area contributed by atoms with Gasteiger partial charge < -0.3 is 29.3 Å². The molecule has 8 atom stereocenters. The third-order valence-electron chi connectivity index (χ3n) is 10.1. The number of amides is 3. The van der Waals surface area contributed by atoms with E-state index in [1.54, 1.807) is 29.0 Å². The molecule has 5 rings (SSSR count). The number of hydrogen-bond donors (Lipinski definition) is 1. The first kappa shape index (κ1) is 36.5. The summed E-state index contributed by atoms with van der Waals surface area (Å²) in [7, 11) is 1.68. The molecule has 1 N–H and O–H groups in total. The number of ether oxygens (including phenoxy) is 2. The Morgan fingerprint density at radius 3 is 2.43 bits per heavy atom. The third-order valence-corrected chi connectivity index (χ3v) is 11.0. The molecule has 2 aromatic rings. The Labute approximate surface area is 296 Å². The van der Waals surface area contributed by atoms with Crippen LogP contribution in [0.1, 0.15) is 49.8 Å². The molecule has 49 heavy (non-hydrogen) atoms. The van der Waals surface area contributed by atoms with Gasteiger partial charge in [0.05, 0.1) is 24.0 Å². The van der Waals surface area contributed by atoms with E-state index in [2.05, 4.69) is 29.1 Å². The number of halogens is 1. The summed E-state index contributed by atoms with van der Waals surface area (Å²) in [5.41, 5.74) is 0.341. The van der Waals surface area contributed by atoms with E-state index >= 15 is 0 Å². The lowest BCUT2D eigenvalue weighted by Gasteiger charge is -2.37. The highest BCUT2D eigenvalue weighted by molar-refractivity contribution is 9.09. The number of likely N-dealkylation sites (N-methyl/N-ethyl adjacent to an activating group) is 1. The number of allylic oxidation sites excluding steroid dienone is 1. The highest BCUT2D eigenvalue weighted by Crippen LogP contribution is 2.60. The minimum Gasteiger partial charge on any atom is -0.455 e. The molecule has 1 spiro atoms. The van der Waals surface area contributed by atoms with Crippen LogP contribution in [0.5, 0.6) is 0 Å². The van der Waals surface area contributed by atoms with Crippen LogP contribution in [0.4, 0.5) is 0 Å². The minimum absolute atomic E-state index is 0.112. The molecule has 262 valence electrons. The van der Waals surface area contributed by atoms with E-state index in [0.717, 1.165) is 5.56 Å². The molecule has 3 aliphatic heterocycles. The zero-order chi connectivity index (χ0) is 35.3. The Bertz CT molecular complexity index is 1520. The fourth-order valence-electron chi connectivity index (χ4n) is 7.65. The molecular weight excluding hydrogens is 690 g/mol. The number of aliphatic hydroxyl groups is 1. The quantitative estimate of drug-likeness (QED) is 0.154. The van der Waals surface area contributed by atoms with Gasteiger partial charge in [0.25, 0.3) is 0 Å². The first-order valence-corrected chi connectivity index (χ1v) is 17.8. The lowest BCUT2D eigenvalue weighted by atomic mass is 9.70. The lowest BCUT2D eigenvalue weighted by molar-refractivity contribution is -0.164. The second kappa shape index (κ2) is 15.8. The maximum absolute atomic E-state index is 14.6. The number of aliphatic hydroxyl groups excluding tert-OH is 1. The van der Waals surface area contributed by atoms with Crippen LogP contribution >= 0.6 is 15.9 Å². The molecule has 10 nitrogen and oxygen atoms in total. The molecule has 3 amide bonds. The second-order valence-corrected chi connectivity index (χ2v) is 14.3. The van der Waals surface area contributed by atoms with Crippen molar-refractivity contribution in [3.63, 3.8) is 0 Å². The van der Waals surface area contributed by atoms with Crippen molar-refractivity contribution in [1.82, 2.24) is 14.7 Å². The number of carbonyl (C=O) groups excluding carboxylic acids is 4.